The molecule has 2 aromatic carbocycles. The summed E-state index contributed by atoms with van der Waals surface area (Å²) in [5.41, 5.74) is 2.71. The van der Waals surface area contributed by atoms with E-state index in [0.717, 1.165) is 11.1 Å². The molecule has 6 nitrogen and oxygen atoms in total. The van der Waals surface area contributed by atoms with Crippen LogP contribution in [0, 0.1) is 6.92 Å². The predicted octanol–water partition coefficient (Wildman–Crippen LogP) is 5.03. The molecular formula is C19H14ClN3O3. The van der Waals surface area contributed by atoms with E-state index in [-0.39, 0.29) is 0 Å². The van der Waals surface area contributed by atoms with Crippen LogP contribution in [-0.4, -0.2) is 22.4 Å². The van der Waals surface area contributed by atoms with Crippen molar-refractivity contribution in [1.82, 2.24) is 15.3 Å². The molecule has 0 N–H and O–H groups in total. The zero-order valence-electron chi connectivity index (χ0n) is 14.1. The van der Waals surface area contributed by atoms with Crippen molar-refractivity contribution in [3.05, 3.63) is 59.3 Å². The third-order valence-electron chi connectivity index (χ3n) is 3.96. The van der Waals surface area contributed by atoms with Crippen molar-refractivity contribution in [2.24, 2.45) is 0 Å². The minimum Gasteiger partial charge on any atom is -0.497 e. The molecule has 0 fully saturated rings. The highest BCUT2D eigenvalue weighted by Crippen LogP contribution is 2.37. The SMILES string of the molecule is COc1cccc(-c2noc(-c3c(-c4ccccc4Cl)noc3C)n2)c1. The van der Waals surface area contributed by atoms with Crippen molar-refractivity contribution in [2.75, 3.05) is 7.11 Å². The second-order valence-corrected chi connectivity index (χ2v) is 6.00. The summed E-state index contributed by atoms with van der Waals surface area (Å²) in [5.74, 6) is 2.05. The van der Waals surface area contributed by atoms with Crippen molar-refractivity contribution in [3.8, 4) is 39.8 Å². The van der Waals surface area contributed by atoms with Crippen LogP contribution in [0.4, 0.5) is 0 Å². The molecule has 0 saturated heterocycles. The van der Waals surface area contributed by atoms with Crippen LogP contribution in [0.1, 0.15) is 5.76 Å². The first kappa shape index (κ1) is 16.4. The maximum atomic E-state index is 6.30. The number of hydrogen-bond donors (Lipinski definition) is 0. The lowest BCUT2D eigenvalue weighted by molar-refractivity contribution is 0.397. The summed E-state index contributed by atoms with van der Waals surface area (Å²) in [5, 5.41) is 8.76. The summed E-state index contributed by atoms with van der Waals surface area (Å²) in [6.45, 7) is 1.79. The quantitative estimate of drug-likeness (QED) is 0.503. The van der Waals surface area contributed by atoms with Gasteiger partial charge in [-0.2, -0.15) is 4.98 Å². The normalized spacial score (nSPS) is 10.9. The number of halogens is 1. The third kappa shape index (κ3) is 2.84. The van der Waals surface area contributed by atoms with Crippen LogP contribution in [0.25, 0.3) is 34.1 Å². The molecule has 0 radical (unpaired) electrons. The van der Waals surface area contributed by atoms with Crippen LogP contribution in [0.5, 0.6) is 5.75 Å². The van der Waals surface area contributed by atoms with Crippen molar-refractivity contribution >= 4 is 11.6 Å². The highest BCUT2D eigenvalue weighted by molar-refractivity contribution is 6.33. The van der Waals surface area contributed by atoms with Crippen molar-refractivity contribution in [2.45, 2.75) is 6.92 Å². The lowest BCUT2D eigenvalue weighted by atomic mass is 10.1. The summed E-state index contributed by atoms with van der Waals surface area (Å²) in [6.07, 6.45) is 0. The number of rotatable bonds is 4. The number of benzene rings is 2. The van der Waals surface area contributed by atoms with Gasteiger partial charge in [0.15, 0.2) is 0 Å². The van der Waals surface area contributed by atoms with Crippen LogP contribution < -0.4 is 4.74 Å². The van der Waals surface area contributed by atoms with Gasteiger partial charge in [-0.3, -0.25) is 0 Å². The van der Waals surface area contributed by atoms with Gasteiger partial charge in [-0.15, -0.1) is 0 Å². The molecule has 0 bridgehead atoms. The molecule has 130 valence electrons. The molecule has 0 amide bonds. The predicted molar refractivity (Wildman–Crippen MR) is 97.0 cm³/mol. The monoisotopic (exact) mass is 367 g/mol. The summed E-state index contributed by atoms with van der Waals surface area (Å²) in [6, 6.07) is 14.8. The number of hydrogen-bond acceptors (Lipinski definition) is 6. The topological polar surface area (TPSA) is 74.2 Å². The van der Waals surface area contributed by atoms with Crippen molar-refractivity contribution in [1.29, 1.82) is 0 Å². The van der Waals surface area contributed by atoms with Gasteiger partial charge in [-0.05, 0) is 25.1 Å². The Kier molecular flexibility index (Phi) is 4.18. The zero-order valence-corrected chi connectivity index (χ0v) is 14.8. The van der Waals surface area contributed by atoms with Gasteiger partial charge in [0, 0.05) is 11.1 Å². The van der Waals surface area contributed by atoms with Gasteiger partial charge in [0.05, 0.1) is 12.1 Å². The standard InChI is InChI=1S/C19H14ClN3O3/c1-11-16(17(22-25-11)14-8-3-4-9-15(14)20)19-21-18(23-26-19)12-6-5-7-13(10-12)24-2/h3-10H,1-2H3. The lowest BCUT2D eigenvalue weighted by Crippen LogP contribution is -1.87. The molecule has 2 aromatic heterocycles. The zero-order chi connectivity index (χ0) is 18.1. The molecule has 0 spiro atoms. The average molecular weight is 368 g/mol. The number of methoxy groups -OCH3 is 1. The Morgan fingerprint density at radius 3 is 2.65 bits per heavy atom. The van der Waals surface area contributed by atoms with E-state index < -0.39 is 0 Å². The molecule has 0 aliphatic rings. The van der Waals surface area contributed by atoms with E-state index in [2.05, 4.69) is 15.3 Å². The van der Waals surface area contributed by atoms with Crippen LogP contribution in [0.3, 0.4) is 0 Å². The first-order valence-corrected chi connectivity index (χ1v) is 8.25. The Morgan fingerprint density at radius 1 is 1.00 bits per heavy atom. The van der Waals surface area contributed by atoms with E-state index in [1.807, 2.05) is 42.5 Å². The van der Waals surface area contributed by atoms with Crippen molar-refractivity contribution in [3.63, 3.8) is 0 Å². The summed E-state index contributed by atoms with van der Waals surface area (Å²) >= 11 is 6.30. The molecule has 0 aliphatic carbocycles. The smallest absolute Gasteiger partial charge is 0.264 e. The Bertz CT molecular complexity index is 1070. The fraction of sp³-hybridized carbons (Fsp3) is 0.105. The summed E-state index contributed by atoms with van der Waals surface area (Å²) in [7, 11) is 1.61. The minimum absolute atomic E-state index is 0.316. The lowest BCUT2D eigenvalue weighted by Gasteiger charge is -2.01. The Hall–Kier alpha value is -3.12. The van der Waals surface area contributed by atoms with Crippen LogP contribution >= 0.6 is 11.6 Å². The molecular weight excluding hydrogens is 354 g/mol. The second kappa shape index (κ2) is 6.65. The van der Waals surface area contributed by atoms with Gasteiger partial charge in [-0.25, -0.2) is 0 Å². The highest BCUT2D eigenvalue weighted by Gasteiger charge is 2.23. The maximum absolute atomic E-state index is 6.30. The van der Waals surface area contributed by atoms with Gasteiger partial charge < -0.3 is 13.8 Å². The van der Waals surface area contributed by atoms with Gasteiger partial charge in [0.1, 0.15) is 22.8 Å². The molecule has 0 unspecified atom stereocenters. The fourth-order valence-corrected chi connectivity index (χ4v) is 2.89. The number of aromatic nitrogens is 3. The molecule has 2 heterocycles. The molecule has 4 aromatic rings. The van der Waals surface area contributed by atoms with E-state index in [0.29, 0.717) is 39.5 Å². The number of nitrogens with zero attached hydrogens (tertiary/aromatic N) is 3. The fourth-order valence-electron chi connectivity index (χ4n) is 2.67. The molecule has 7 heteroatoms. The van der Waals surface area contributed by atoms with Gasteiger partial charge in [0.25, 0.3) is 5.89 Å². The molecule has 0 aliphatic heterocycles. The highest BCUT2D eigenvalue weighted by atomic mass is 35.5. The molecule has 0 saturated carbocycles. The van der Waals surface area contributed by atoms with Crippen LogP contribution in [0.2, 0.25) is 5.02 Å². The largest absolute Gasteiger partial charge is 0.497 e. The van der Waals surface area contributed by atoms with Gasteiger partial charge in [-0.1, -0.05) is 52.2 Å². The first-order valence-electron chi connectivity index (χ1n) is 7.87. The van der Waals surface area contributed by atoms with Crippen molar-refractivity contribution < 1.29 is 13.8 Å². The van der Waals surface area contributed by atoms with Gasteiger partial charge >= 0.3 is 0 Å². The molecule has 26 heavy (non-hydrogen) atoms. The number of aryl methyl sites for hydroxylation is 1. The first-order chi connectivity index (χ1) is 12.7. The minimum atomic E-state index is 0.316. The molecule has 4 rings (SSSR count). The Balaban J connectivity index is 1.79. The van der Waals surface area contributed by atoms with E-state index >= 15 is 0 Å². The van der Waals surface area contributed by atoms with Gasteiger partial charge in [0.2, 0.25) is 5.82 Å². The van der Waals surface area contributed by atoms with E-state index in [1.165, 1.54) is 0 Å². The van der Waals surface area contributed by atoms with Crippen LogP contribution in [0.15, 0.2) is 57.6 Å². The van der Waals surface area contributed by atoms with E-state index in [4.69, 9.17) is 25.4 Å². The summed E-state index contributed by atoms with van der Waals surface area (Å²) in [4.78, 5) is 4.50. The van der Waals surface area contributed by atoms with E-state index in [1.54, 1.807) is 20.1 Å². The van der Waals surface area contributed by atoms with E-state index in [9.17, 15) is 0 Å². The summed E-state index contributed by atoms with van der Waals surface area (Å²) < 4.78 is 16.1. The van der Waals surface area contributed by atoms with Crippen LogP contribution in [-0.2, 0) is 0 Å². The molecule has 0 atom stereocenters. The third-order valence-corrected chi connectivity index (χ3v) is 4.29. The maximum Gasteiger partial charge on any atom is 0.264 e. The average Bonchev–Trinajstić information content (AvgIpc) is 3.29. The number of ether oxygens (including phenoxy) is 1. The Morgan fingerprint density at radius 2 is 1.85 bits per heavy atom. The Labute approximate surface area is 154 Å². The second-order valence-electron chi connectivity index (χ2n) is 5.60.